The molecule has 0 fully saturated rings. The highest BCUT2D eigenvalue weighted by atomic mass is 79.9. The second kappa shape index (κ2) is 3.40. The molecule has 2 nitrogen and oxygen atoms in total. The smallest absolute Gasteiger partial charge is 0.101 e. The molecule has 0 aliphatic heterocycles. The van der Waals surface area contributed by atoms with Gasteiger partial charge in [0, 0.05) is 11.5 Å². The Bertz CT molecular complexity index is 301. The maximum Gasteiger partial charge on any atom is 0.101 e. The fourth-order valence-corrected chi connectivity index (χ4v) is 1.18. The summed E-state index contributed by atoms with van der Waals surface area (Å²) in [5.74, 6) is 0. The van der Waals surface area contributed by atoms with Crippen LogP contribution in [0.25, 0.3) is 0 Å². The van der Waals surface area contributed by atoms with Crippen LogP contribution in [0.5, 0.6) is 0 Å². The maximum absolute atomic E-state index is 8.64. The lowest BCUT2D eigenvalue weighted by Gasteiger charge is -2.01. The van der Waals surface area contributed by atoms with Gasteiger partial charge in [-0.3, -0.25) is 0 Å². The van der Waals surface area contributed by atoms with Gasteiger partial charge in [-0.05, 0) is 18.2 Å². The summed E-state index contributed by atoms with van der Waals surface area (Å²) in [4.78, 5) is 0. The van der Waals surface area contributed by atoms with Crippen molar-refractivity contribution in [1.29, 1.82) is 5.26 Å². The van der Waals surface area contributed by atoms with E-state index in [4.69, 9.17) is 5.26 Å². The predicted octanol–water partition coefficient (Wildman–Crippen LogP) is 2.36. The van der Waals surface area contributed by atoms with Crippen molar-refractivity contribution in [3.63, 3.8) is 0 Å². The highest BCUT2D eigenvalue weighted by Gasteiger charge is 1.98. The second-order valence-electron chi connectivity index (χ2n) is 2.05. The first kappa shape index (κ1) is 8.09. The van der Waals surface area contributed by atoms with Gasteiger partial charge in [0.2, 0.25) is 0 Å². The molecular weight excluding hydrogens is 204 g/mol. The summed E-state index contributed by atoms with van der Waals surface area (Å²) in [6.45, 7) is 0. The Labute approximate surface area is 74.0 Å². The maximum atomic E-state index is 8.64. The van der Waals surface area contributed by atoms with Crippen molar-refractivity contribution in [3.05, 3.63) is 28.2 Å². The average Bonchev–Trinajstić information content (AvgIpc) is 2.04. The number of nitrogens with zero attached hydrogens (tertiary/aromatic N) is 1. The van der Waals surface area contributed by atoms with Crippen LogP contribution >= 0.6 is 15.9 Å². The van der Waals surface area contributed by atoms with Crippen molar-refractivity contribution in [2.75, 3.05) is 12.4 Å². The van der Waals surface area contributed by atoms with E-state index in [9.17, 15) is 0 Å². The lowest BCUT2D eigenvalue weighted by Crippen LogP contribution is -1.91. The van der Waals surface area contributed by atoms with Gasteiger partial charge in [-0.25, -0.2) is 0 Å². The molecule has 0 aliphatic rings. The molecule has 1 rings (SSSR count). The quantitative estimate of drug-likeness (QED) is 0.773. The normalized spacial score (nSPS) is 8.82. The summed E-state index contributed by atoms with van der Waals surface area (Å²) in [5.41, 5.74) is 1.51. The first-order chi connectivity index (χ1) is 5.27. The number of nitrogens with one attached hydrogen (secondary N) is 1. The van der Waals surface area contributed by atoms with Gasteiger partial charge in [0.15, 0.2) is 0 Å². The lowest BCUT2D eigenvalue weighted by atomic mass is 10.2. The van der Waals surface area contributed by atoms with Gasteiger partial charge in [0.05, 0.1) is 11.3 Å². The van der Waals surface area contributed by atoms with Crippen LogP contribution in [0.1, 0.15) is 5.56 Å². The highest BCUT2D eigenvalue weighted by molar-refractivity contribution is 9.10. The molecule has 0 radical (unpaired) electrons. The Morgan fingerprint density at radius 1 is 1.55 bits per heavy atom. The molecule has 0 bridgehead atoms. The van der Waals surface area contributed by atoms with Gasteiger partial charge < -0.3 is 5.32 Å². The number of rotatable bonds is 1. The van der Waals surface area contributed by atoms with Crippen molar-refractivity contribution in [3.8, 4) is 6.07 Å². The molecule has 0 unspecified atom stereocenters. The molecule has 11 heavy (non-hydrogen) atoms. The van der Waals surface area contributed by atoms with E-state index in [1.807, 2.05) is 12.1 Å². The SMILES string of the molecule is CNc1cc(Br)ccc1C#N. The molecule has 3 heteroatoms. The Morgan fingerprint density at radius 3 is 2.82 bits per heavy atom. The van der Waals surface area contributed by atoms with Crippen molar-refractivity contribution in [2.45, 2.75) is 0 Å². The van der Waals surface area contributed by atoms with Gasteiger partial charge in [0.1, 0.15) is 6.07 Å². The summed E-state index contributed by atoms with van der Waals surface area (Å²) in [6, 6.07) is 7.58. The van der Waals surface area contributed by atoms with Crippen molar-refractivity contribution >= 4 is 21.6 Å². The molecule has 56 valence electrons. The third-order valence-corrected chi connectivity index (χ3v) is 1.86. The van der Waals surface area contributed by atoms with Crippen LogP contribution in [0.2, 0.25) is 0 Å². The highest BCUT2D eigenvalue weighted by Crippen LogP contribution is 2.19. The van der Waals surface area contributed by atoms with Gasteiger partial charge in [-0.1, -0.05) is 15.9 Å². The average molecular weight is 211 g/mol. The Hall–Kier alpha value is -1.01. The number of nitriles is 1. The van der Waals surface area contributed by atoms with Crippen LogP contribution in [-0.2, 0) is 0 Å². The van der Waals surface area contributed by atoms with Crippen LogP contribution in [-0.4, -0.2) is 7.05 Å². The van der Waals surface area contributed by atoms with Gasteiger partial charge in [-0.15, -0.1) is 0 Å². The predicted molar refractivity (Wildman–Crippen MR) is 48.4 cm³/mol. The Balaban J connectivity index is 3.19. The number of hydrogen-bond donors (Lipinski definition) is 1. The van der Waals surface area contributed by atoms with Crippen LogP contribution in [0.15, 0.2) is 22.7 Å². The molecule has 0 saturated carbocycles. The molecular formula is C8H7BrN2. The van der Waals surface area contributed by atoms with Gasteiger partial charge in [0.25, 0.3) is 0 Å². The second-order valence-corrected chi connectivity index (χ2v) is 2.97. The Morgan fingerprint density at radius 2 is 2.27 bits per heavy atom. The van der Waals surface area contributed by atoms with E-state index in [1.54, 1.807) is 13.1 Å². The number of anilines is 1. The van der Waals surface area contributed by atoms with E-state index >= 15 is 0 Å². The minimum atomic E-state index is 0.663. The molecule has 0 atom stereocenters. The largest absolute Gasteiger partial charge is 0.387 e. The van der Waals surface area contributed by atoms with E-state index < -0.39 is 0 Å². The molecule has 1 aromatic carbocycles. The van der Waals surface area contributed by atoms with Crippen molar-refractivity contribution in [2.24, 2.45) is 0 Å². The van der Waals surface area contributed by atoms with Crippen molar-refractivity contribution < 1.29 is 0 Å². The van der Waals surface area contributed by atoms with Crippen molar-refractivity contribution in [1.82, 2.24) is 0 Å². The molecule has 0 aromatic heterocycles. The van der Waals surface area contributed by atoms with Crippen LogP contribution in [0, 0.1) is 11.3 Å². The van der Waals surface area contributed by atoms with Crippen LogP contribution in [0.3, 0.4) is 0 Å². The van der Waals surface area contributed by atoms with E-state index in [1.165, 1.54) is 0 Å². The molecule has 1 N–H and O–H groups in total. The first-order valence-electron chi connectivity index (χ1n) is 3.15. The zero-order chi connectivity index (χ0) is 8.27. The number of benzene rings is 1. The molecule has 0 heterocycles. The van der Waals surface area contributed by atoms with E-state index in [0.717, 1.165) is 10.2 Å². The summed E-state index contributed by atoms with van der Waals surface area (Å²) in [7, 11) is 1.79. The number of halogens is 1. The minimum Gasteiger partial charge on any atom is -0.387 e. The van der Waals surface area contributed by atoms with Crippen LogP contribution < -0.4 is 5.32 Å². The molecule has 0 spiro atoms. The molecule has 0 saturated heterocycles. The fraction of sp³-hybridized carbons (Fsp3) is 0.125. The zero-order valence-corrected chi connectivity index (χ0v) is 7.64. The first-order valence-corrected chi connectivity index (χ1v) is 3.94. The fourth-order valence-electron chi connectivity index (χ4n) is 0.821. The summed E-state index contributed by atoms with van der Waals surface area (Å²) in [6.07, 6.45) is 0. The Kier molecular flexibility index (Phi) is 2.50. The van der Waals surface area contributed by atoms with Crippen LogP contribution in [0.4, 0.5) is 5.69 Å². The summed E-state index contributed by atoms with van der Waals surface area (Å²) < 4.78 is 0.973. The van der Waals surface area contributed by atoms with Gasteiger partial charge in [-0.2, -0.15) is 5.26 Å². The summed E-state index contributed by atoms with van der Waals surface area (Å²) >= 11 is 3.32. The lowest BCUT2D eigenvalue weighted by molar-refractivity contribution is 1.43. The molecule has 0 amide bonds. The van der Waals surface area contributed by atoms with E-state index in [0.29, 0.717) is 5.56 Å². The van der Waals surface area contributed by atoms with E-state index in [2.05, 4.69) is 27.3 Å². The third kappa shape index (κ3) is 1.72. The van der Waals surface area contributed by atoms with E-state index in [-0.39, 0.29) is 0 Å². The monoisotopic (exact) mass is 210 g/mol. The molecule has 1 aromatic rings. The standard InChI is InChI=1S/C8H7BrN2/c1-11-8-4-7(9)3-2-6(8)5-10/h2-4,11H,1H3. The summed E-state index contributed by atoms with van der Waals surface area (Å²) in [5, 5.41) is 11.6. The minimum absolute atomic E-state index is 0.663. The third-order valence-electron chi connectivity index (χ3n) is 1.37. The zero-order valence-electron chi connectivity index (χ0n) is 6.06. The van der Waals surface area contributed by atoms with Gasteiger partial charge >= 0.3 is 0 Å². The molecule has 0 aliphatic carbocycles. The topological polar surface area (TPSA) is 35.8 Å². The number of hydrogen-bond acceptors (Lipinski definition) is 2.